The van der Waals surface area contributed by atoms with Crippen molar-refractivity contribution in [3.8, 4) is 0 Å². The zero-order valence-corrected chi connectivity index (χ0v) is 15.1. The molecule has 0 aromatic carbocycles. The number of rotatable bonds is 2. The van der Waals surface area contributed by atoms with Crippen LogP contribution in [0.2, 0.25) is 0 Å². The van der Waals surface area contributed by atoms with Crippen LogP contribution in [0.5, 0.6) is 0 Å². The molecule has 0 spiro atoms. The predicted molar refractivity (Wildman–Crippen MR) is 88.9 cm³/mol. The molecule has 0 bridgehead atoms. The van der Waals surface area contributed by atoms with Gasteiger partial charge in [0, 0.05) is 31.0 Å². The Bertz CT molecular complexity index is 515. The van der Waals surface area contributed by atoms with Crippen molar-refractivity contribution >= 4 is 28.0 Å². The van der Waals surface area contributed by atoms with Crippen LogP contribution in [0.25, 0.3) is 0 Å². The van der Waals surface area contributed by atoms with Crippen LogP contribution >= 0.6 is 15.9 Å². The fraction of sp³-hybridized carbons (Fsp3) is 0.667. The minimum Gasteiger partial charge on any atom is -0.444 e. The summed E-state index contributed by atoms with van der Waals surface area (Å²) >= 11 is 3.34. The molecule has 0 aliphatic carbocycles. The summed E-state index contributed by atoms with van der Waals surface area (Å²) in [5, 5.41) is 2.95. The number of alkyl carbamates (subject to hydrolysis) is 1. The summed E-state index contributed by atoms with van der Waals surface area (Å²) in [6.07, 6.45) is 4.85. The quantitative estimate of drug-likeness (QED) is 0.865. The second-order valence-electron chi connectivity index (χ2n) is 6.61. The summed E-state index contributed by atoms with van der Waals surface area (Å²) < 4.78 is 6.17. The first kappa shape index (κ1) is 17.0. The molecular formula is C15H23BrN4O2. The molecular weight excluding hydrogens is 348 g/mol. The van der Waals surface area contributed by atoms with Gasteiger partial charge in [0.05, 0.1) is 4.47 Å². The number of nitrogens with one attached hydrogen (secondary N) is 1. The lowest BCUT2D eigenvalue weighted by Crippen LogP contribution is -2.50. The van der Waals surface area contributed by atoms with Gasteiger partial charge in [-0.25, -0.2) is 14.8 Å². The summed E-state index contributed by atoms with van der Waals surface area (Å²) in [7, 11) is 0. The minimum absolute atomic E-state index is 0.122. The van der Waals surface area contributed by atoms with Crippen LogP contribution in [0.4, 0.5) is 10.7 Å². The predicted octanol–water partition coefficient (Wildman–Crippen LogP) is 3.12. The molecule has 1 aromatic heterocycles. The van der Waals surface area contributed by atoms with Gasteiger partial charge < -0.3 is 15.0 Å². The SMILES string of the molecule is CC1CC(NC(=O)OC(C)(C)C)CCN1c1ncc(Br)cn1. The number of nitrogens with zero attached hydrogens (tertiary/aromatic N) is 3. The fourth-order valence-corrected chi connectivity index (χ4v) is 2.73. The summed E-state index contributed by atoms with van der Waals surface area (Å²) in [6.45, 7) is 8.52. The second kappa shape index (κ2) is 6.81. The summed E-state index contributed by atoms with van der Waals surface area (Å²) in [4.78, 5) is 22.7. The van der Waals surface area contributed by atoms with E-state index in [9.17, 15) is 4.79 Å². The molecule has 1 aromatic rings. The van der Waals surface area contributed by atoms with Gasteiger partial charge in [-0.05, 0) is 56.5 Å². The number of carbonyl (C=O) groups is 1. The third-order valence-electron chi connectivity index (χ3n) is 3.46. The molecule has 1 amide bonds. The van der Waals surface area contributed by atoms with E-state index in [1.54, 1.807) is 12.4 Å². The van der Waals surface area contributed by atoms with E-state index in [4.69, 9.17) is 4.74 Å². The number of hydrogen-bond acceptors (Lipinski definition) is 5. The third kappa shape index (κ3) is 4.83. The highest BCUT2D eigenvalue weighted by Gasteiger charge is 2.29. The maximum absolute atomic E-state index is 11.8. The molecule has 2 rings (SSSR count). The van der Waals surface area contributed by atoms with Gasteiger partial charge in [-0.1, -0.05) is 0 Å². The Morgan fingerprint density at radius 1 is 1.41 bits per heavy atom. The Balaban J connectivity index is 1.90. The van der Waals surface area contributed by atoms with Crippen LogP contribution < -0.4 is 10.2 Å². The number of amides is 1. The van der Waals surface area contributed by atoms with E-state index < -0.39 is 5.60 Å². The summed E-state index contributed by atoms with van der Waals surface area (Å²) in [5.74, 6) is 0.728. The van der Waals surface area contributed by atoms with Crippen molar-refractivity contribution in [1.82, 2.24) is 15.3 Å². The largest absolute Gasteiger partial charge is 0.444 e. The van der Waals surface area contributed by atoms with Gasteiger partial charge in [-0.2, -0.15) is 0 Å². The number of halogens is 1. The Hall–Kier alpha value is -1.37. The molecule has 1 aliphatic rings. The van der Waals surface area contributed by atoms with Crippen LogP contribution in [0, 0.1) is 0 Å². The highest BCUT2D eigenvalue weighted by Crippen LogP contribution is 2.22. The zero-order valence-electron chi connectivity index (χ0n) is 13.5. The van der Waals surface area contributed by atoms with Gasteiger partial charge in [0.15, 0.2) is 0 Å². The van der Waals surface area contributed by atoms with E-state index in [2.05, 4.69) is 43.0 Å². The molecule has 2 heterocycles. The average molecular weight is 371 g/mol. The number of aromatic nitrogens is 2. The van der Waals surface area contributed by atoms with Crippen molar-refractivity contribution in [3.05, 3.63) is 16.9 Å². The van der Waals surface area contributed by atoms with Crippen molar-refractivity contribution in [2.75, 3.05) is 11.4 Å². The number of carbonyl (C=O) groups excluding carboxylic acids is 1. The van der Waals surface area contributed by atoms with Crippen molar-refractivity contribution in [1.29, 1.82) is 0 Å². The molecule has 1 aliphatic heterocycles. The standard InChI is InChI=1S/C15H23BrN4O2/c1-10-7-12(19-14(21)22-15(2,3)4)5-6-20(10)13-17-8-11(16)9-18-13/h8-10,12H,5-7H2,1-4H3,(H,19,21). The van der Waals surface area contributed by atoms with E-state index in [1.165, 1.54) is 0 Å². The highest BCUT2D eigenvalue weighted by molar-refractivity contribution is 9.10. The lowest BCUT2D eigenvalue weighted by Gasteiger charge is -2.38. The van der Waals surface area contributed by atoms with Crippen molar-refractivity contribution < 1.29 is 9.53 Å². The van der Waals surface area contributed by atoms with Gasteiger partial charge in [-0.3, -0.25) is 0 Å². The summed E-state index contributed by atoms with van der Waals surface area (Å²) in [6, 6.07) is 0.381. The van der Waals surface area contributed by atoms with Gasteiger partial charge >= 0.3 is 6.09 Å². The molecule has 1 N–H and O–H groups in total. The van der Waals surface area contributed by atoms with Gasteiger partial charge in [-0.15, -0.1) is 0 Å². The van der Waals surface area contributed by atoms with Gasteiger partial charge in [0.25, 0.3) is 0 Å². The highest BCUT2D eigenvalue weighted by atomic mass is 79.9. The number of anilines is 1. The van der Waals surface area contributed by atoms with Crippen LogP contribution in [0.1, 0.15) is 40.5 Å². The number of piperidine rings is 1. The lowest BCUT2D eigenvalue weighted by atomic mass is 9.99. The van der Waals surface area contributed by atoms with Crippen molar-refractivity contribution in [2.45, 2.75) is 58.2 Å². The molecule has 0 saturated carbocycles. The van der Waals surface area contributed by atoms with E-state index in [1.807, 2.05) is 20.8 Å². The van der Waals surface area contributed by atoms with Gasteiger partial charge in [0.2, 0.25) is 5.95 Å². The van der Waals surface area contributed by atoms with Gasteiger partial charge in [0.1, 0.15) is 5.60 Å². The van der Waals surface area contributed by atoms with Crippen LogP contribution in [0.3, 0.4) is 0 Å². The molecule has 6 nitrogen and oxygen atoms in total. The van der Waals surface area contributed by atoms with Crippen molar-refractivity contribution in [3.63, 3.8) is 0 Å². The summed E-state index contributed by atoms with van der Waals surface area (Å²) in [5.41, 5.74) is -0.471. The molecule has 22 heavy (non-hydrogen) atoms. The Labute approximate surface area is 139 Å². The maximum atomic E-state index is 11.8. The second-order valence-corrected chi connectivity index (χ2v) is 7.53. The van der Waals surface area contributed by atoms with E-state index in [-0.39, 0.29) is 18.2 Å². The molecule has 1 saturated heterocycles. The average Bonchev–Trinajstić information content (AvgIpc) is 2.38. The monoisotopic (exact) mass is 370 g/mol. The fourth-order valence-electron chi connectivity index (χ4n) is 2.53. The van der Waals surface area contributed by atoms with Crippen molar-refractivity contribution in [2.24, 2.45) is 0 Å². The van der Waals surface area contributed by atoms with E-state index in [0.717, 1.165) is 29.8 Å². The normalized spacial score (nSPS) is 22.3. The molecule has 2 unspecified atom stereocenters. The molecule has 1 fully saturated rings. The molecule has 7 heteroatoms. The molecule has 0 radical (unpaired) electrons. The number of hydrogen-bond donors (Lipinski definition) is 1. The Kier molecular flexibility index (Phi) is 5.26. The Morgan fingerprint density at radius 3 is 2.59 bits per heavy atom. The van der Waals surface area contributed by atoms with Crippen LogP contribution in [-0.2, 0) is 4.74 Å². The first-order valence-corrected chi connectivity index (χ1v) is 8.27. The van der Waals surface area contributed by atoms with Crippen LogP contribution in [0.15, 0.2) is 16.9 Å². The minimum atomic E-state index is -0.471. The first-order valence-electron chi connectivity index (χ1n) is 7.48. The smallest absolute Gasteiger partial charge is 0.407 e. The Morgan fingerprint density at radius 2 is 2.05 bits per heavy atom. The zero-order chi connectivity index (χ0) is 16.3. The topological polar surface area (TPSA) is 67.3 Å². The van der Waals surface area contributed by atoms with E-state index >= 15 is 0 Å². The number of ether oxygens (including phenoxy) is 1. The van der Waals surface area contributed by atoms with E-state index in [0.29, 0.717) is 0 Å². The van der Waals surface area contributed by atoms with Crippen LogP contribution in [-0.4, -0.2) is 40.3 Å². The molecule has 122 valence electrons. The lowest BCUT2D eigenvalue weighted by molar-refractivity contribution is 0.0494. The maximum Gasteiger partial charge on any atom is 0.407 e. The first-order chi connectivity index (χ1) is 10.2. The third-order valence-corrected chi connectivity index (χ3v) is 3.87. The molecule has 2 atom stereocenters.